The van der Waals surface area contributed by atoms with E-state index in [1.54, 1.807) is 0 Å². The highest BCUT2D eigenvalue weighted by molar-refractivity contribution is 5.82. The predicted octanol–water partition coefficient (Wildman–Crippen LogP) is 2.56. The van der Waals surface area contributed by atoms with Crippen molar-refractivity contribution in [2.75, 3.05) is 13.1 Å². The van der Waals surface area contributed by atoms with E-state index in [-0.39, 0.29) is 6.04 Å². The molecular weight excluding hydrogens is 236 g/mol. The van der Waals surface area contributed by atoms with Gasteiger partial charge in [0, 0.05) is 19.1 Å². The molecule has 108 valence electrons. The Morgan fingerprint density at radius 3 is 2.68 bits per heavy atom. The summed E-state index contributed by atoms with van der Waals surface area (Å²) in [4.78, 5) is 14.9. The van der Waals surface area contributed by atoms with Gasteiger partial charge in [-0.05, 0) is 50.4 Å². The number of carbonyl (C=O) groups is 1. The highest BCUT2D eigenvalue weighted by Crippen LogP contribution is 2.34. The van der Waals surface area contributed by atoms with Crippen LogP contribution < -0.4 is 5.32 Å². The molecule has 0 aromatic carbocycles. The molecule has 3 fully saturated rings. The first-order chi connectivity index (χ1) is 9.28. The molecule has 0 radical (unpaired) electrons. The molecule has 3 nitrogen and oxygen atoms in total. The summed E-state index contributed by atoms with van der Waals surface area (Å²) in [5.74, 6) is 1.97. The maximum atomic E-state index is 12.7. The number of hydrogen-bond donors (Lipinski definition) is 1. The van der Waals surface area contributed by atoms with Crippen LogP contribution in [0.2, 0.25) is 0 Å². The van der Waals surface area contributed by atoms with Gasteiger partial charge in [-0.3, -0.25) is 4.79 Å². The molecule has 1 amide bonds. The van der Waals surface area contributed by atoms with Gasteiger partial charge in [-0.2, -0.15) is 0 Å². The fourth-order valence-electron chi connectivity index (χ4n) is 3.90. The van der Waals surface area contributed by atoms with Gasteiger partial charge < -0.3 is 10.2 Å². The molecule has 3 aliphatic rings. The zero-order chi connectivity index (χ0) is 13.2. The Hall–Kier alpha value is -0.570. The maximum absolute atomic E-state index is 12.7. The monoisotopic (exact) mass is 264 g/mol. The molecule has 3 heteroatoms. The van der Waals surface area contributed by atoms with Crippen molar-refractivity contribution in [3.05, 3.63) is 0 Å². The van der Waals surface area contributed by atoms with E-state index >= 15 is 0 Å². The lowest BCUT2D eigenvalue weighted by Crippen LogP contribution is -2.46. The Kier molecular flexibility index (Phi) is 4.11. The van der Waals surface area contributed by atoms with Gasteiger partial charge in [0.15, 0.2) is 0 Å². The van der Waals surface area contributed by atoms with Crippen molar-refractivity contribution in [1.82, 2.24) is 10.2 Å². The zero-order valence-electron chi connectivity index (χ0n) is 12.2. The normalized spacial score (nSPS) is 34.1. The largest absolute Gasteiger partial charge is 0.341 e. The first-order valence-corrected chi connectivity index (χ1v) is 8.32. The summed E-state index contributed by atoms with van der Waals surface area (Å²) in [5, 5.41) is 3.63. The molecule has 2 aliphatic carbocycles. The van der Waals surface area contributed by atoms with Gasteiger partial charge in [-0.25, -0.2) is 0 Å². The molecule has 1 aliphatic heterocycles. The van der Waals surface area contributed by atoms with E-state index in [4.69, 9.17) is 0 Å². The van der Waals surface area contributed by atoms with Crippen LogP contribution in [-0.4, -0.2) is 36.0 Å². The van der Waals surface area contributed by atoms with E-state index < -0.39 is 0 Å². The first-order valence-electron chi connectivity index (χ1n) is 8.32. The average Bonchev–Trinajstić information content (AvgIpc) is 3.13. The van der Waals surface area contributed by atoms with Gasteiger partial charge in [0.05, 0.1) is 6.04 Å². The van der Waals surface area contributed by atoms with Crippen molar-refractivity contribution in [3.8, 4) is 0 Å². The molecule has 0 aromatic rings. The molecule has 0 spiro atoms. The number of carbonyl (C=O) groups excluding carboxylic acids is 1. The van der Waals surface area contributed by atoms with E-state index in [0.717, 1.165) is 37.8 Å². The average molecular weight is 264 g/mol. The van der Waals surface area contributed by atoms with Gasteiger partial charge >= 0.3 is 0 Å². The minimum absolute atomic E-state index is 0.124. The SMILES string of the molecule is CCCN(CC1CC1)C(=O)C1CC2CCCCC2N1. The summed E-state index contributed by atoms with van der Waals surface area (Å²) < 4.78 is 0. The molecule has 3 atom stereocenters. The predicted molar refractivity (Wildman–Crippen MR) is 76.9 cm³/mol. The molecule has 3 unspecified atom stereocenters. The molecule has 2 saturated carbocycles. The highest BCUT2D eigenvalue weighted by atomic mass is 16.2. The number of nitrogens with one attached hydrogen (secondary N) is 1. The fraction of sp³-hybridized carbons (Fsp3) is 0.938. The van der Waals surface area contributed by atoms with Crippen LogP contribution in [0.4, 0.5) is 0 Å². The molecule has 1 heterocycles. The van der Waals surface area contributed by atoms with Crippen LogP contribution in [0.15, 0.2) is 0 Å². The number of nitrogens with zero attached hydrogens (tertiary/aromatic N) is 1. The van der Waals surface area contributed by atoms with Crippen molar-refractivity contribution in [2.45, 2.75) is 70.4 Å². The lowest BCUT2D eigenvalue weighted by atomic mass is 9.85. The van der Waals surface area contributed by atoms with Crippen LogP contribution in [0.1, 0.15) is 58.3 Å². The van der Waals surface area contributed by atoms with Gasteiger partial charge in [-0.1, -0.05) is 19.8 Å². The number of rotatable bonds is 5. The molecule has 0 aromatic heterocycles. The lowest BCUT2D eigenvalue weighted by molar-refractivity contribution is -0.133. The third-order valence-corrected chi connectivity index (χ3v) is 5.14. The van der Waals surface area contributed by atoms with Crippen LogP contribution in [0.3, 0.4) is 0 Å². The third-order valence-electron chi connectivity index (χ3n) is 5.14. The molecule has 1 N–H and O–H groups in total. The first kappa shape index (κ1) is 13.4. The second kappa shape index (κ2) is 5.82. The van der Waals surface area contributed by atoms with Gasteiger partial charge in [0.2, 0.25) is 5.91 Å². The fourth-order valence-corrected chi connectivity index (χ4v) is 3.90. The molecule has 3 rings (SSSR count). The van der Waals surface area contributed by atoms with Gasteiger partial charge in [0.25, 0.3) is 0 Å². The van der Waals surface area contributed by atoms with Crippen LogP contribution in [0.25, 0.3) is 0 Å². The van der Waals surface area contributed by atoms with E-state index in [2.05, 4.69) is 17.1 Å². The standard InChI is InChI=1S/C16H28N2O/c1-2-9-18(11-12-7-8-12)16(19)15-10-13-5-3-4-6-14(13)17-15/h12-15,17H,2-11H2,1H3. The van der Waals surface area contributed by atoms with Crippen LogP contribution in [0, 0.1) is 11.8 Å². The molecule has 1 saturated heterocycles. The third kappa shape index (κ3) is 3.13. The summed E-state index contributed by atoms with van der Waals surface area (Å²) in [6.07, 6.45) is 10.2. The molecule has 19 heavy (non-hydrogen) atoms. The highest BCUT2D eigenvalue weighted by Gasteiger charge is 2.40. The summed E-state index contributed by atoms with van der Waals surface area (Å²) in [6, 6.07) is 0.755. The second-order valence-electron chi connectivity index (χ2n) is 6.83. The Labute approximate surface area is 117 Å². The van der Waals surface area contributed by atoms with E-state index in [0.29, 0.717) is 11.9 Å². The lowest BCUT2D eigenvalue weighted by Gasteiger charge is -2.26. The van der Waals surface area contributed by atoms with Gasteiger partial charge in [-0.15, -0.1) is 0 Å². The molecular formula is C16H28N2O. The van der Waals surface area contributed by atoms with Crippen molar-refractivity contribution < 1.29 is 4.79 Å². The van der Waals surface area contributed by atoms with Crippen molar-refractivity contribution in [1.29, 1.82) is 0 Å². The van der Waals surface area contributed by atoms with Crippen molar-refractivity contribution in [2.24, 2.45) is 11.8 Å². The topological polar surface area (TPSA) is 32.3 Å². The quantitative estimate of drug-likeness (QED) is 0.827. The van der Waals surface area contributed by atoms with Crippen LogP contribution in [0.5, 0.6) is 0 Å². The number of hydrogen-bond acceptors (Lipinski definition) is 2. The summed E-state index contributed by atoms with van der Waals surface area (Å²) in [5.41, 5.74) is 0. The Morgan fingerprint density at radius 1 is 1.21 bits per heavy atom. The minimum Gasteiger partial charge on any atom is -0.341 e. The van der Waals surface area contributed by atoms with Crippen molar-refractivity contribution in [3.63, 3.8) is 0 Å². The number of fused-ring (bicyclic) bond motifs is 1. The zero-order valence-corrected chi connectivity index (χ0v) is 12.2. The summed E-state index contributed by atoms with van der Waals surface area (Å²) in [7, 11) is 0. The minimum atomic E-state index is 0.124. The second-order valence-corrected chi connectivity index (χ2v) is 6.83. The number of amides is 1. The van der Waals surface area contributed by atoms with Crippen molar-refractivity contribution >= 4 is 5.91 Å². The van der Waals surface area contributed by atoms with E-state index in [1.165, 1.54) is 38.5 Å². The Balaban J connectivity index is 1.58. The summed E-state index contributed by atoms with van der Waals surface area (Å²) in [6.45, 7) is 4.14. The van der Waals surface area contributed by atoms with Crippen LogP contribution >= 0.6 is 0 Å². The van der Waals surface area contributed by atoms with Crippen LogP contribution in [-0.2, 0) is 4.79 Å². The van der Waals surface area contributed by atoms with Gasteiger partial charge in [0.1, 0.15) is 0 Å². The Morgan fingerprint density at radius 2 is 2.00 bits per heavy atom. The van der Waals surface area contributed by atoms with E-state index in [9.17, 15) is 4.79 Å². The Bertz CT molecular complexity index is 313. The summed E-state index contributed by atoms with van der Waals surface area (Å²) >= 11 is 0. The maximum Gasteiger partial charge on any atom is 0.239 e. The smallest absolute Gasteiger partial charge is 0.239 e. The molecule has 0 bridgehead atoms. The van der Waals surface area contributed by atoms with E-state index in [1.807, 2.05) is 0 Å².